The molecule has 0 aliphatic carbocycles. The summed E-state index contributed by atoms with van der Waals surface area (Å²) in [5.41, 5.74) is 0.738. The van der Waals surface area contributed by atoms with Crippen molar-refractivity contribution in [2.24, 2.45) is 0 Å². The summed E-state index contributed by atoms with van der Waals surface area (Å²) in [5.74, 6) is -0.688. The maximum Gasteiger partial charge on any atom is 0.344 e. The third-order valence-corrected chi connectivity index (χ3v) is 2.79. The monoisotopic (exact) mass is 291 g/mol. The number of halogens is 2. The molecule has 0 spiro atoms. The Bertz CT molecular complexity index is 438. The molecule has 0 fully saturated rings. The first-order valence-electron chi connectivity index (χ1n) is 5.53. The lowest BCUT2D eigenvalue weighted by atomic mass is 10.2. The molecule has 2 N–H and O–H groups in total. The Morgan fingerprint density at radius 2 is 2.17 bits per heavy atom. The zero-order chi connectivity index (χ0) is 13.7. The lowest BCUT2D eigenvalue weighted by Gasteiger charge is -2.16. The van der Waals surface area contributed by atoms with Crippen molar-refractivity contribution in [3.8, 4) is 5.75 Å². The van der Waals surface area contributed by atoms with Crippen molar-refractivity contribution in [1.82, 2.24) is 5.32 Å². The van der Waals surface area contributed by atoms with E-state index in [2.05, 4.69) is 5.32 Å². The molecular formula is C12H15Cl2NO3. The molecule has 1 unspecified atom stereocenters. The summed E-state index contributed by atoms with van der Waals surface area (Å²) >= 11 is 11.9. The predicted octanol–water partition coefficient (Wildman–Crippen LogP) is 2.95. The number of nitrogens with one attached hydrogen (secondary N) is 1. The molecule has 1 aromatic rings. The van der Waals surface area contributed by atoms with E-state index in [1.807, 2.05) is 6.92 Å². The maximum atomic E-state index is 10.8. The Kier molecular flexibility index (Phi) is 5.72. The number of carbonyl (C=O) groups is 1. The Morgan fingerprint density at radius 3 is 2.72 bits per heavy atom. The lowest BCUT2D eigenvalue weighted by molar-refractivity contribution is -0.144. The zero-order valence-electron chi connectivity index (χ0n) is 10.2. The van der Waals surface area contributed by atoms with Crippen molar-refractivity contribution in [1.29, 1.82) is 0 Å². The van der Waals surface area contributed by atoms with Gasteiger partial charge in [0.15, 0.2) is 6.10 Å². The Morgan fingerprint density at radius 1 is 1.50 bits per heavy atom. The minimum Gasteiger partial charge on any atom is -0.479 e. The first-order chi connectivity index (χ1) is 8.45. The van der Waals surface area contributed by atoms with E-state index in [4.69, 9.17) is 33.0 Å². The van der Waals surface area contributed by atoms with Crippen molar-refractivity contribution in [2.45, 2.75) is 26.5 Å². The summed E-state index contributed by atoms with van der Waals surface area (Å²) in [5, 5.41) is 12.8. The number of rotatable bonds is 6. The minimum atomic E-state index is -1.05. The summed E-state index contributed by atoms with van der Waals surface area (Å²) in [7, 11) is 0. The standard InChI is InChI=1S/C12H15Cl2NO3/c1-3-15-6-8-4-9(13)5-10(14)11(8)18-7(2)12(16)17/h4-5,7,15H,3,6H2,1-2H3,(H,16,17). The third kappa shape index (κ3) is 4.05. The van der Waals surface area contributed by atoms with Crippen LogP contribution in [0.1, 0.15) is 19.4 Å². The normalized spacial score (nSPS) is 12.2. The molecule has 0 saturated heterocycles. The van der Waals surface area contributed by atoms with Crippen LogP contribution in [0.2, 0.25) is 10.0 Å². The van der Waals surface area contributed by atoms with Crippen LogP contribution in [0, 0.1) is 0 Å². The topological polar surface area (TPSA) is 58.6 Å². The highest BCUT2D eigenvalue weighted by Gasteiger charge is 2.18. The SMILES string of the molecule is CCNCc1cc(Cl)cc(Cl)c1OC(C)C(=O)O. The van der Waals surface area contributed by atoms with Gasteiger partial charge in [-0.2, -0.15) is 0 Å². The molecule has 0 bridgehead atoms. The maximum absolute atomic E-state index is 10.8. The third-order valence-electron chi connectivity index (χ3n) is 2.29. The van der Waals surface area contributed by atoms with Crippen LogP contribution in [0.15, 0.2) is 12.1 Å². The van der Waals surface area contributed by atoms with E-state index in [-0.39, 0.29) is 0 Å². The molecule has 4 nitrogen and oxygen atoms in total. The zero-order valence-corrected chi connectivity index (χ0v) is 11.7. The van der Waals surface area contributed by atoms with Crippen molar-refractivity contribution in [2.75, 3.05) is 6.54 Å². The molecule has 6 heteroatoms. The highest BCUT2D eigenvalue weighted by atomic mass is 35.5. The molecule has 1 atom stereocenters. The van der Waals surface area contributed by atoms with Gasteiger partial charge in [-0.3, -0.25) is 0 Å². The smallest absolute Gasteiger partial charge is 0.344 e. The summed E-state index contributed by atoms with van der Waals surface area (Å²) in [6.45, 7) is 4.70. The molecule has 1 rings (SSSR count). The van der Waals surface area contributed by atoms with Gasteiger partial charge in [0.05, 0.1) is 5.02 Å². The van der Waals surface area contributed by atoms with Crippen molar-refractivity contribution in [3.63, 3.8) is 0 Å². The highest BCUT2D eigenvalue weighted by molar-refractivity contribution is 6.35. The first-order valence-corrected chi connectivity index (χ1v) is 6.29. The average Bonchev–Trinajstić information content (AvgIpc) is 2.29. The summed E-state index contributed by atoms with van der Waals surface area (Å²) < 4.78 is 5.36. The van der Waals surface area contributed by atoms with Crippen LogP contribution in [0.4, 0.5) is 0 Å². The summed E-state index contributed by atoms with van der Waals surface area (Å²) in [6, 6.07) is 3.24. The Labute approximate surface area is 116 Å². The van der Waals surface area contributed by atoms with Crippen LogP contribution in [-0.4, -0.2) is 23.7 Å². The van der Waals surface area contributed by atoms with Gasteiger partial charge in [0.2, 0.25) is 0 Å². The molecule has 0 aliphatic heterocycles. The van der Waals surface area contributed by atoms with Crippen LogP contribution < -0.4 is 10.1 Å². The van der Waals surface area contributed by atoms with Gasteiger partial charge in [0, 0.05) is 17.1 Å². The molecule has 0 saturated carbocycles. The van der Waals surface area contributed by atoms with Gasteiger partial charge in [0.25, 0.3) is 0 Å². The number of hydrogen-bond donors (Lipinski definition) is 2. The van der Waals surface area contributed by atoms with E-state index >= 15 is 0 Å². The van der Waals surface area contributed by atoms with Crippen LogP contribution in [0.25, 0.3) is 0 Å². The molecule has 100 valence electrons. The van der Waals surface area contributed by atoms with Gasteiger partial charge in [0.1, 0.15) is 5.75 Å². The number of benzene rings is 1. The van der Waals surface area contributed by atoms with E-state index in [0.717, 1.165) is 12.1 Å². The summed E-state index contributed by atoms with van der Waals surface area (Å²) in [6.07, 6.45) is -0.968. The fourth-order valence-electron chi connectivity index (χ4n) is 1.36. The number of carboxylic acid groups (broad SMARTS) is 1. The van der Waals surface area contributed by atoms with E-state index in [9.17, 15) is 4.79 Å². The van der Waals surface area contributed by atoms with E-state index in [1.165, 1.54) is 13.0 Å². The summed E-state index contributed by atoms with van der Waals surface area (Å²) in [4.78, 5) is 10.8. The predicted molar refractivity (Wildman–Crippen MR) is 71.6 cm³/mol. The van der Waals surface area contributed by atoms with E-state index in [0.29, 0.717) is 22.3 Å². The largest absolute Gasteiger partial charge is 0.479 e. The van der Waals surface area contributed by atoms with Crippen LogP contribution in [0.3, 0.4) is 0 Å². The van der Waals surface area contributed by atoms with E-state index < -0.39 is 12.1 Å². The van der Waals surface area contributed by atoms with Gasteiger partial charge in [-0.15, -0.1) is 0 Å². The van der Waals surface area contributed by atoms with Crippen LogP contribution in [0.5, 0.6) is 5.75 Å². The Balaban J connectivity index is 3.02. The van der Waals surface area contributed by atoms with E-state index in [1.54, 1.807) is 6.07 Å². The highest BCUT2D eigenvalue weighted by Crippen LogP contribution is 2.33. The number of aliphatic carboxylic acids is 1. The Hall–Kier alpha value is -0.970. The number of carboxylic acids is 1. The lowest BCUT2D eigenvalue weighted by Crippen LogP contribution is -2.24. The minimum absolute atomic E-state index is 0.309. The van der Waals surface area contributed by atoms with Crippen molar-refractivity contribution < 1.29 is 14.6 Å². The average molecular weight is 292 g/mol. The van der Waals surface area contributed by atoms with Gasteiger partial charge in [-0.05, 0) is 25.6 Å². The van der Waals surface area contributed by atoms with Crippen LogP contribution >= 0.6 is 23.2 Å². The van der Waals surface area contributed by atoms with Gasteiger partial charge in [-0.1, -0.05) is 30.1 Å². The fraction of sp³-hybridized carbons (Fsp3) is 0.417. The van der Waals surface area contributed by atoms with Crippen molar-refractivity contribution in [3.05, 3.63) is 27.7 Å². The van der Waals surface area contributed by atoms with Crippen molar-refractivity contribution >= 4 is 29.2 Å². The van der Waals surface area contributed by atoms with Gasteiger partial charge in [-0.25, -0.2) is 4.79 Å². The molecule has 0 aliphatic rings. The van der Waals surface area contributed by atoms with Crippen LogP contribution in [-0.2, 0) is 11.3 Å². The molecule has 0 amide bonds. The number of ether oxygens (including phenoxy) is 1. The second kappa shape index (κ2) is 6.83. The molecule has 0 radical (unpaired) electrons. The molecule has 18 heavy (non-hydrogen) atoms. The fourth-order valence-corrected chi connectivity index (χ4v) is 1.94. The number of hydrogen-bond acceptors (Lipinski definition) is 3. The van der Waals surface area contributed by atoms with Gasteiger partial charge < -0.3 is 15.2 Å². The quantitative estimate of drug-likeness (QED) is 0.846. The second-order valence-electron chi connectivity index (χ2n) is 3.75. The second-order valence-corrected chi connectivity index (χ2v) is 4.60. The molecule has 1 aromatic carbocycles. The molecule has 0 aromatic heterocycles. The van der Waals surface area contributed by atoms with Gasteiger partial charge >= 0.3 is 5.97 Å². The molecular weight excluding hydrogens is 277 g/mol. The first kappa shape index (κ1) is 15.1. The molecule has 0 heterocycles.